The number of halogens is 1. The minimum Gasteiger partial charge on any atom is -0.325 e. The maximum Gasteiger partial charge on any atom is 0.243 e. The molecule has 1 fully saturated rings. The largest absolute Gasteiger partial charge is 0.325 e. The highest BCUT2D eigenvalue weighted by molar-refractivity contribution is 9.10. The normalized spacial score (nSPS) is 19.9. The number of hydrogen-bond acceptors (Lipinski definition) is 4. The molecule has 2 N–H and O–H groups in total. The Bertz CT molecular complexity index is 663. The third-order valence-electron chi connectivity index (χ3n) is 3.68. The van der Waals surface area contributed by atoms with Crippen LogP contribution in [0.3, 0.4) is 0 Å². The van der Waals surface area contributed by atoms with Gasteiger partial charge in [0.25, 0.3) is 0 Å². The van der Waals surface area contributed by atoms with Gasteiger partial charge in [-0.25, -0.2) is 8.42 Å². The Morgan fingerprint density at radius 1 is 1.41 bits per heavy atom. The molecule has 1 amide bonds. The van der Waals surface area contributed by atoms with Gasteiger partial charge in [-0.1, -0.05) is 0 Å². The van der Waals surface area contributed by atoms with Crippen molar-refractivity contribution in [1.82, 2.24) is 9.62 Å². The van der Waals surface area contributed by atoms with Crippen LogP contribution in [0.2, 0.25) is 0 Å². The van der Waals surface area contributed by atoms with Gasteiger partial charge in [-0.3, -0.25) is 4.79 Å². The zero-order valence-electron chi connectivity index (χ0n) is 12.6. The number of nitrogens with zero attached hydrogens (tertiary/aromatic N) is 1. The second kappa shape index (κ2) is 7.08. The summed E-state index contributed by atoms with van der Waals surface area (Å²) in [7, 11) is -1.68. The van der Waals surface area contributed by atoms with Gasteiger partial charge < -0.3 is 10.6 Å². The van der Waals surface area contributed by atoms with Crippen LogP contribution in [0.5, 0.6) is 0 Å². The van der Waals surface area contributed by atoms with Crippen LogP contribution in [0.15, 0.2) is 27.6 Å². The fraction of sp³-hybridized carbons (Fsp3) is 0.500. The number of anilines is 1. The lowest BCUT2D eigenvalue weighted by Gasteiger charge is -2.31. The molecule has 1 aromatic rings. The highest BCUT2D eigenvalue weighted by atomic mass is 79.9. The quantitative estimate of drug-likeness (QED) is 0.822. The maximum atomic E-state index is 12.7. The van der Waals surface area contributed by atoms with Crippen molar-refractivity contribution in [3.8, 4) is 0 Å². The number of piperidine rings is 1. The predicted octanol–water partition coefficient (Wildman–Crippen LogP) is 1.78. The molecule has 1 heterocycles. The van der Waals surface area contributed by atoms with Crippen LogP contribution >= 0.6 is 15.9 Å². The van der Waals surface area contributed by atoms with E-state index in [1.54, 1.807) is 6.07 Å². The molecule has 0 radical (unpaired) electrons. The average molecular weight is 390 g/mol. The molecule has 1 aliphatic rings. The Labute approximate surface area is 139 Å². The van der Waals surface area contributed by atoms with Gasteiger partial charge in [0.15, 0.2) is 0 Å². The number of nitrogens with one attached hydrogen (secondary N) is 2. The summed E-state index contributed by atoms with van der Waals surface area (Å²) in [6.07, 6.45) is 1.82. The van der Waals surface area contributed by atoms with Crippen molar-refractivity contribution in [3.05, 3.63) is 22.7 Å². The second-order valence-electron chi connectivity index (χ2n) is 5.31. The van der Waals surface area contributed by atoms with Crippen molar-refractivity contribution >= 4 is 37.5 Å². The number of likely N-dealkylation sites (N-methyl/N-ethyl adjacent to an activating group) is 1. The van der Waals surface area contributed by atoms with E-state index in [-0.39, 0.29) is 16.8 Å². The number of carbonyl (C=O) groups excluding carboxylic acids is 1. The highest BCUT2D eigenvalue weighted by Crippen LogP contribution is 2.28. The molecule has 0 spiro atoms. The van der Waals surface area contributed by atoms with Crippen molar-refractivity contribution < 1.29 is 13.2 Å². The van der Waals surface area contributed by atoms with Crippen molar-refractivity contribution in [1.29, 1.82) is 0 Å². The van der Waals surface area contributed by atoms with Crippen LogP contribution in [0.4, 0.5) is 5.69 Å². The lowest BCUT2D eigenvalue weighted by molar-refractivity contribution is -0.114. The molecule has 6 nitrogen and oxygen atoms in total. The Morgan fingerprint density at radius 3 is 2.73 bits per heavy atom. The van der Waals surface area contributed by atoms with E-state index in [0.717, 1.165) is 12.8 Å². The summed E-state index contributed by atoms with van der Waals surface area (Å²) in [4.78, 5) is 11.3. The Morgan fingerprint density at radius 2 is 2.14 bits per heavy atom. The molecular formula is C14H20BrN3O3S. The van der Waals surface area contributed by atoms with Gasteiger partial charge in [-0.2, -0.15) is 4.31 Å². The Hall–Kier alpha value is -0.960. The first kappa shape index (κ1) is 17.4. The third-order valence-corrected chi connectivity index (χ3v) is 6.20. The number of amides is 1. The van der Waals surface area contributed by atoms with Crippen molar-refractivity contribution in [2.75, 3.05) is 25.5 Å². The molecule has 0 aliphatic carbocycles. The first-order valence-electron chi connectivity index (χ1n) is 7.09. The summed E-state index contributed by atoms with van der Waals surface area (Å²) >= 11 is 3.31. The minimum absolute atomic E-state index is 0.186. The van der Waals surface area contributed by atoms with Gasteiger partial charge in [0.05, 0.1) is 10.6 Å². The molecule has 1 atom stereocenters. The second-order valence-corrected chi connectivity index (χ2v) is 8.11. The minimum atomic E-state index is -3.52. The maximum absolute atomic E-state index is 12.7. The van der Waals surface area contributed by atoms with E-state index in [4.69, 9.17) is 0 Å². The molecule has 1 aliphatic heterocycles. The standard InChI is InChI=1S/C14H20BrN3O3S/c1-10(19)17-14-6-5-12(8-13(14)15)22(20,21)18-7-3-4-11(9-18)16-2/h5-6,8,11,16H,3-4,7,9H2,1-2H3,(H,17,19). The van der Waals surface area contributed by atoms with Crippen LogP contribution in [-0.2, 0) is 14.8 Å². The smallest absolute Gasteiger partial charge is 0.243 e. The number of benzene rings is 1. The van der Waals surface area contributed by atoms with Crippen molar-refractivity contribution in [3.63, 3.8) is 0 Å². The zero-order valence-corrected chi connectivity index (χ0v) is 15.0. The average Bonchev–Trinajstić information content (AvgIpc) is 2.49. The van der Waals surface area contributed by atoms with Crippen LogP contribution in [0.1, 0.15) is 19.8 Å². The van der Waals surface area contributed by atoms with Crippen LogP contribution in [-0.4, -0.2) is 44.8 Å². The number of carbonyl (C=O) groups is 1. The molecule has 0 bridgehead atoms. The molecule has 122 valence electrons. The fourth-order valence-electron chi connectivity index (χ4n) is 2.49. The molecule has 1 aromatic carbocycles. The van der Waals surface area contributed by atoms with Crippen molar-refractivity contribution in [2.24, 2.45) is 0 Å². The van der Waals surface area contributed by atoms with E-state index in [2.05, 4.69) is 26.6 Å². The summed E-state index contributed by atoms with van der Waals surface area (Å²) in [6.45, 7) is 2.41. The summed E-state index contributed by atoms with van der Waals surface area (Å²) in [5, 5.41) is 5.78. The fourth-order valence-corrected chi connectivity index (χ4v) is 4.67. The van der Waals surface area contributed by atoms with Gasteiger partial charge >= 0.3 is 0 Å². The van der Waals surface area contributed by atoms with Crippen LogP contribution in [0.25, 0.3) is 0 Å². The van der Waals surface area contributed by atoms with E-state index in [1.165, 1.54) is 23.4 Å². The molecule has 0 aromatic heterocycles. The molecule has 1 saturated heterocycles. The van der Waals surface area contributed by atoms with E-state index in [1.807, 2.05) is 7.05 Å². The molecule has 0 saturated carbocycles. The summed E-state index contributed by atoms with van der Waals surface area (Å²) < 4.78 is 27.5. The lowest BCUT2D eigenvalue weighted by atomic mass is 10.1. The van der Waals surface area contributed by atoms with Crippen LogP contribution in [0, 0.1) is 0 Å². The first-order chi connectivity index (χ1) is 10.3. The molecule has 8 heteroatoms. The lowest BCUT2D eigenvalue weighted by Crippen LogP contribution is -2.46. The van der Waals surface area contributed by atoms with Gasteiger partial charge in [-0.15, -0.1) is 0 Å². The number of rotatable bonds is 4. The van der Waals surface area contributed by atoms with Gasteiger partial charge in [0.2, 0.25) is 15.9 Å². The first-order valence-corrected chi connectivity index (χ1v) is 9.32. The highest BCUT2D eigenvalue weighted by Gasteiger charge is 2.30. The number of sulfonamides is 1. The topological polar surface area (TPSA) is 78.5 Å². The zero-order chi connectivity index (χ0) is 16.3. The Kier molecular flexibility index (Phi) is 5.60. The SMILES string of the molecule is CNC1CCCN(S(=O)(=O)c2ccc(NC(C)=O)c(Br)c2)C1. The van der Waals surface area contributed by atoms with Gasteiger partial charge in [0.1, 0.15) is 0 Å². The Balaban J connectivity index is 2.26. The van der Waals surface area contributed by atoms with Crippen LogP contribution < -0.4 is 10.6 Å². The predicted molar refractivity (Wildman–Crippen MR) is 89.3 cm³/mol. The van der Waals surface area contributed by atoms with Gasteiger partial charge in [-0.05, 0) is 54.0 Å². The number of hydrogen-bond donors (Lipinski definition) is 2. The molecule has 1 unspecified atom stereocenters. The van der Waals surface area contributed by atoms with Crippen molar-refractivity contribution in [2.45, 2.75) is 30.7 Å². The molecular weight excluding hydrogens is 370 g/mol. The summed E-state index contributed by atoms with van der Waals surface area (Å²) in [6, 6.07) is 4.83. The van der Waals surface area contributed by atoms with E-state index < -0.39 is 10.0 Å². The summed E-state index contributed by atoms with van der Waals surface area (Å²) in [5.41, 5.74) is 0.554. The van der Waals surface area contributed by atoms with Gasteiger partial charge in [0, 0.05) is 30.5 Å². The monoisotopic (exact) mass is 389 g/mol. The molecule has 22 heavy (non-hydrogen) atoms. The molecule has 2 rings (SSSR count). The summed E-state index contributed by atoms with van der Waals surface area (Å²) in [5.74, 6) is -0.204. The van der Waals surface area contributed by atoms with E-state index in [0.29, 0.717) is 23.2 Å². The van der Waals surface area contributed by atoms with E-state index in [9.17, 15) is 13.2 Å². The third kappa shape index (κ3) is 3.87. The van der Waals surface area contributed by atoms with E-state index >= 15 is 0 Å².